The topological polar surface area (TPSA) is 83.5 Å². The standard InChI is InChI=1S/C35H39NO7/c1-5-31(27-13-18-32-33(19-27)41-22-40-32)34(25-11-16-29(17-12-25)43-35(38)26-7-8-26)24-9-14-28(15-10-24)39-21-30(42-23(3)37)20-36(4)6-2/h9-19,26,30H,5-8,20-22H2,1-4H3. The number of nitrogens with zero attached hydrogens (tertiary/aromatic N) is 1. The lowest BCUT2D eigenvalue weighted by Crippen LogP contribution is -2.36. The number of carbonyl (C=O) groups is 2. The van der Waals surface area contributed by atoms with Crippen molar-refractivity contribution in [3.63, 3.8) is 0 Å². The Morgan fingerprint density at radius 3 is 2.12 bits per heavy atom. The largest absolute Gasteiger partial charge is 0.490 e. The lowest BCUT2D eigenvalue weighted by Gasteiger charge is -2.23. The van der Waals surface area contributed by atoms with Gasteiger partial charge in [0.05, 0.1) is 5.92 Å². The molecule has 0 aromatic heterocycles. The van der Waals surface area contributed by atoms with E-state index >= 15 is 0 Å². The van der Waals surface area contributed by atoms with Crippen LogP contribution in [0.2, 0.25) is 0 Å². The van der Waals surface area contributed by atoms with Crippen molar-refractivity contribution >= 4 is 23.1 Å². The van der Waals surface area contributed by atoms with E-state index in [-0.39, 0.29) is 37.4 Å². The summed E-state index contributed by atoms with van der Waals surface area (Å²) in [6.45, 7) is 7.49. The molecule has 8 nitrogen and oxygen atoms in total. The summed E-state index contributed by atoms with van der Waals surface area (Å²) in [7, 11) is 1.98. The Morgan fingerprint density at radius 2 is 1.51 bits per heavy atom. The van der Waals surface area contributed by atoms with Gasteiger partial charge >= 0.3 is 11.9 Å². The van der Waals surface area contributed by atoms with Crippen molar-refractivity contribution in [2.75, 3.05) is 33.5 Å². The number of hydrogen-bond acceptors (Lipinski definition) is 8. The van der Waals surface area contributed by atoms with Crippen molar-refractivity contribution in [3.8, 4) is 23.0 Å². The van der Waals surface area contributed by atoms with Crippen LogP contribution >= 0.6 is 0 Å². The summed E-state index contributed by atoms with van der Waals surface area (Å²) in [5, 5.41) is 0. The van der Waals surface area contributed by atoms with E-state index in [9.17, 15) is 9.59 Å². The molecule has 1 fully saturated rings. The molecule has 0 saturated heterocycles. The van der Waals surface area contributed by atoms with Crippen molar-refractivity contribution in [2.45, 2.75) is 46.1 Å². The van der Waals surface area contributed by atoms with Gasteiger partial charge in [0.25, 0.3) is 0 Å². The maximum Gasteiger partial charge on any atom is 0.314 e. The van der Waals surface area contributed by atoms with Gasteiger partial charge in [-0.1, -0.05) is 44.2 Å². The molecule has 1 atom stereocenters. The van der Waals surface area contributed by atoms with E-state index in [1.165, 1.54) is 6.92 Å². The lowest BCUT2D eigenvalue weighted by atomic mass is 9.88. The number of hydrogen-bond donors (Lipinski definition) is 0. The molecule has 1 saturated carbocycles. The number of benzene rings is 3. The Hall–Kier alpha value is -4.30. The average Bonchev–Trinajstić information content (AvgIpc) is 3.76. The molecule has 1 aliphatic heterocycles. The zero-order valence-corrected chi connectivity index (χ0v) is 25.3. The predicted octanol–water partition coefficient (Wildman–Crippen LogP) is 6.36. The minimum absolute atomic E-state index is 0.0328. The van der Waals surface area contributed by atoms with E-state index in [1.54, 1.807) is 0 Å². The summed E-state index contributed by atoms with van der Waals surface area (Å²) in [4.78, 5) is 25.9. The summed E-state index contributed by atoms with van der Waals surface area (Å²) in [6.07, 6.45) is 2.20. The average molecular weight is 586 g/mol. The molecule has 3 aromatic carbocycles. The third-order valence-electron chi connectivity index (χ3n) is 7.62. The lowest BCUT2D eigenvalue weighted by molar-refractivity contribution is -0.148. The number of ether oxygens (including phenoxy) is 5. The highest BCUT2D eigenvalue weighted by atomic mass is 16.7. The molecule has 3 aromatic rings. The van der Waals surface area contributed by atoms with E-state index in [4.69, 9.17) is 23.7 Å². The van der Waals surface area contributed by atoms with Crippen LogP contribution < -0.4 is 18.9 Å². The third kappa shape index (κ3) is 7.76. The number of fused-ring (bicyclic) bond motifs is 1. The molecule has 0 radical (unpaired) electrons. The summed E-state index contributed by atoms with van der Waals surface area (Å²) in [5.41, 5.74) is 5.22. The van der Waals surface area contributed by atoms with Crippen LogP contribution in [0.25, 0.3) is 11.1 Å². The van der Waals surface area contributed by atoms with Crippen molar-refractivity contribution in [2.24, 2.45) is 5.92 Å². The van der Waals surface area contributed by atoms with Gasteiger partial charge < -0.3 is 28.6 Å². The zero-order chi connectivity index (χ0) is 30.3. The molecular formula is C35H39NO7. The van der Waals surface area contributed by atoms with Crippen LogP contribution in [0.1, 0.15) is 56.7 Å². The van der Waals surface area contributed by atoms with Gasteiger partial charge in [-0.15, -0.1) is 0 Å². The summed E-state index contributed by atoms with van der Waals surface area (Å²) in [6, 6.07) is 21.6. The maximum absolute atomic E-state index is 12.2. The van der Waals surface area contributed by atoms with Crippen LogP contribution in [0, 0.1) is 5.92 Å². The molecule has 1 aliphatic carbocycles. The second-order valence-electron chi connectivity index (χ2n) is 10.9. The summed E-state index contributed by atoms with van der Waals surface area (Å²) in [5.74, 6) is 2.23. The quantitative estimate of drug-likeness (QED) is 0.130. The van der Waals surface area contributed by atoms with Gasteiger partial charge in [0.15, 0.2) is 11.5 Å². The normalized spacial score (nSPS) is 15.1. The molecule has 0 amide bonds. The molecule has 0 bridgehead atoms. The molecule has 43 heavy (non-hydrogen) atoms. The van der Waals surface area contributed by atoms with E-state index < -0.39 is 0 Å². The van der Waals surface area contributed by atoms with Gasteiger partial charge in [-0.05, 0) is 97.1 Å². The Bertz CT molecular complexity index is 1460. The van der Waals surface area contributed by atoms with Crippen LogP contribution in [-0.4, -0.2) is 56.5 Å². The molecule has 2 aliphatic rings. The van der Waals surface area contributed by atoms with Crippen LogP contribution in [0.5, 0.6) is 23.0 Å². The molecule has 1 unspecified atom stereocenters. The SMILES string of the molecule is CCC(=C(c1ccc(OCC(CN(C)CC)OC(C)=O)cc1)c1ccc(OC(=O)C2CC2)cc1)c1ccc2c(c1)OCO2. The van der Waals surface area contributed by atoms with Crippen molar-refractivity contribution < 1.29 is 33.3 Å². The smallest absolute Gasteiger partial charge is 0.314 e. The fourth-order valence-corrected chi connectivity index (χ4v) is 5.08. The molecule has 1 heterocycles. The first kappa shape index (κ1) is 30.2. The minimum Gasteiger partial charge on any atom is -0.490 e. The first-order valence-corrected chi connectivity index (χ1v) is 14.9. The third-order valence-corrected chi connectivity index (χ3v) is 7.62. The molecule has 226 valence electrons. The van der Waals surface area contributed by atoms with E-state index in [1.807, 2.05) is 67.7 Å². The second-order valence-corrected chi connectivity index (χ2v) is 10.9. The fourth-order valence-electron chi connectivity index (χ4n) is 5.08. The Labute approximate surface area is 253 Å². The van der Waals surface area contributed by atoms with Gasteiger partial charge in [0, 0.05) is 13.5 Å². The van der Waals surface area contributed by atoms with Crippen LogP contribution in [0.3, 0.4) is 0 Å². The van der Waals surface area contributed by atoms with Crippen LogP contribution in [0.4, 0.5) is 0 Å². The highest BCUT2D eigenvalue weighted by Crippen LogP contribution is 2.40. The first-order valence-electron chi connectivity index (χ1n) is 14.9. The number of rotatable bonds is 13. The Balaban J connectivity index is 1.44. The molecule has 0 N–H and O–H groups in total. The van der Waals surface area contributed by atoms with Gasteiger partial charge in [0.1, 0.15) is 24.2 Å². The number of allylic oxidation sites excluding steroid dienone is 1. The first-order chi connectivity index (χ1) is 20.8. The summed E-state index contributed by atoms with van der Waals surface area (Å²) < 4.78 is 28.3. The highest BCUT2D eigenvalue weighted by Gasteiger charge is 2.31. The van der Waals surface area contributed by atoms with Crippen molar-refractivity contribution in [3.05, 3.63) is 83.4 Å². The monoisotopic (exact) mass is 585 g/mol. The van der Waals surface area contributed by atoms with Gasteiger partial charge in [-0.3, -0.25) is 9.59 Å². The predicted molar refractivity (Wildman–Crippen MR) is 164 cm³/mol. The van der Waals surface area contributed by atoms with Gasteiger partial charge in [-0.25, -0.2) is 0 Å². The Kier molecular flexibility index (Phi) is 9.67. The van der Waals surface area contributed by atoms with E-state index in [2.05, 4.69) is 24.8 Å². The van der Waals surface area contributed by atoms with E-state index in [0.717, 1.165) is 65.1 Å². The highest BCUT2D eigenvalue weighted by molar-refractivity contribution is 5.99. The number of carbonyl (C=O) groups excluding carboxylic acids is 2. The van der Waals surface area contributed by atoms with Gasteiger partial charge in [-0.2, -0.15) is 0 Å². The molecular weight excluding hydrogens is 546 g/mol. The molecule has 5 rings (SSSR count). The van der Waals surface area contributed by atoms with Crippen molar-refractivity contribution in [1.82, 2.24) is 4.90 Å². The second kappa shape index (κ2) is 13.8. The molecule has 8 heteroatoms. The van der Waals surface area contributed by atoms with Crippen LogP contribution in [-0.2, 0) is 14.3 Å². The van der Waals surface area contributed by atoms with Crippen molar-refractivity contribution in [1.29, 1.82) is 0 Å². The fraction of sp³-hybridized carbons (Fsp3) is 0.371. The van der Waals surface area contributed by atoms with Crippen LogP contribution in [0.15, 0.2) is 66.7 Å². The maximum atomic E-state index is 12.2. The number of likely N-dealkylation sites (N-methyl/N-ethyl adjacent to an activating group) is 1. The number of esters is 2. The minimum atomic E-state index is -0.372. The zero-order valence-electron chi connectivity index (χ0n) is 25.3. The van der Waals surface area contributed by atoms with Gasteiger partial charge in [0.2, 0.25) is 6.79 Å². The van der Waals surface area contributed by atoms with E-state index in [0.29, 0.717) is 18.0 Å². The molecule has 0 spiro atoms. The summed E-state index contributed by atoms with van der Waals surface area (Å²) >= 11 is 0. The Morgan fingerprint density at radius 1 is 0.884 bits per heavy atom.